The predicted octanol–water partition coefficient (Wildman–Crippen LogP) is 3.23. The Labute approximate surface area is 83.9 Å². The van der Waals surface area contributed by atoms with E-state index in [9.17, 15) is 0 Å². The molecule has 1 saturated carbocycles. The Morgan fingerprint density at radius 2 is 2.00 bits per heavy atom. The molecule has 0 spiro atoms. The van der Waals surface area contributed by atoms with Gasteiger partial charge >= 0.3 is 0 Å². The minimum Gasteiger partial charge on any atom is -0.385 e. The average Bonchev–Trinajstić information content (AvgIpc) is 2.99. The standard InChI is InChI=1S/C11H15NS/c1-13-11-6-4-10(5-7-11)12-8-9-2-3-9/h4-7,9,12H,2-3,8H2,1H3. The van der Waals surface area contributed by atoms with E-state index in [1.54, 1.807) is 11.8 Å². The van der Waals surface area contributed by atoms with Crippen molar-refractivity contribution >= 4 is 17.4 Å². The summed E-state index contributed by atoms with van der Waals surface area (Å²) in [5.74, 6) is 0.945. The van der Waals surface area contributed by atoms with E-state index in [1.165, 1.54) is 23.4 Å². The van der Waals surface area contributed by atoms with Crippen LogP contribution >= 0.6 is 11.8 Å². The van der Waals surface area contributed by atoms with Gasteiger partial charge in [-0.15, -0.1) is 11.8 Å². The number of hydrogen-bond acceptors (Lipinski definition) is 2. The fourth-order valence-corrected chi connectivity index (χ4v) is 1.70. The highest BCUT2D eigenvalue weighted by molar-refractivity contribution is 7.98. The van der Waals surface area contributed by atoms with Gasteiger partial charge in [0.25, 0.3) is 0 Å². The predicted molar refractivity (Wildman–Crippen MR) is 59.4 cm³/mol. The van der Waals surface area contributed by atoms with Gasteiger partial charge in [-0.1, -0.05) is 0 Å². The SMILES string of the molecule is CSc1ccc(NCC2CC2)cc1. The number of nitrogens with one attached hydrogen (secondary N) is 1. The lowest BCUT2D eigenvalue weighted by Crippen LogP contribution is -2.02. The molecule has 1 aromatic rings. The molecule has 0 amide bonds. The summed E-state index contributed by atoms with van der Waals surface area (Å²) in [7, 11) is 0. The van der Waals surface area contributed by atoms with E-state index in [2.05, 4.69) is 35.8 Å². The van der Waals surface area contributed by atoms with Crippen molar-refractivity contribution in [2.45, 2.75) is 17.7 Å². The second kappa shape index (κ2) is 4.05. The Kier molecular flexibility index (Phi) is 2.79. The van der Waals surface area contributed by atoms with Gasteiger partial charge in [-0.2, -0.15) is 0 Å². The van der Waals surface area contributed by atoms with Gasteiger partial charge in [0.15, 0.2) is 0 Å². The first-order valence-corrected chi connectivity index (χ1v) is 5.99. The zero-order valence-corrected chi connectivity index (χ0v) is 8.73. The van der Waals surface area contributed by atoms with Crippen molar-refractivity contribution in [2.24, 2.45) is 5.92 Å². The van der Waals surface area contributed by atoms with Gasteiger partial charge in [0.2, 0.25) is 0 Å². The summed E-state index contributed by atoms with van der Waals surface area (Å²) in [5, 5.41) is 3.45. The molecule has 0 saturated heterocycles. The second-order valence-electron chi connectivity index (χ2n) is 3.55. The smallest absolute Gasteiger partial charge is 0.0341 e. The summed E-state index contributed by atoms with van der Waals surface area (Å²) in [6.45, 7) is 1.15. The normalized spacial score (nSPS) is 15.8. The van der Waals surface area contributed by atoms with Crippen LogP contribution in [0.4, 0.5) is 5.69 Å². The molecule has 0 heterocycles. The van der Waals surface area contributed by atoms with E-state index in [1.807, 2.05) is 0 Å². The summed E-state index contributed by atoms with van der Waals surface area (Å²) >= 11 is 1.79. The van der Waals surface area contributed by atoms with Crippen LogP contribution in [0.3, 0.4) is 0 Å². The Morgan fingerprint density at radius 1 is 1.31 bits per heavy atom. The molecule has 2 rings (SSSR count). The number of rotatable bonds is 4. The monoisotopic (exact) mass is 193 g/mol. The molecular weight excluding hydrogens is 178 g/mol. The molecule has 0 atom stereocenters. The molecule has 1 aromatic carbocycles. The molecule has 1 aliphatic rings. The molecular formula is C11H15NS. The second-order valence-corrected chi connectivity index (χ2v) is 4.43. The van der Waals surface area contributed by atoms with Crippen LogP contribution in [-0.4, -0.2) is 12.8 Å². The zero-order valence-electron chi connectivity index (χ0n) is 7.92. The molecule has 0 aliphatic heterocycles. The first kappa shape index (κ1) is 8.95. The number of thioether (sulfide) groups is 1. The van der Waals surface area contributed by atoms with Gasteiger partial charge in [0.05, 0.1) is 0 Å². The molecule has 70 valence electrons. The Morgan fingerprint density at radius 3 is 2.54 bits per heavy atom. The Bertz CT molecular complexity index is 264. The third-order valence-electron chi connectivity index (χ3n) is 2.38. The Hall–Kier alpha value is -0.630. The van der Waals surface area contributed by atoms with Gasteiger partial charge in [0, 0.05) is 17.1 Å². The maximum atomic E-state index is 3.45. The van der Waals surface area contributed by atoms with Crippen molar-refractivity contribution in [3.05, 3.63) is 24.3 Å². The summed E-state index contributed by atoms with van der Waals surface area (Å²) in [6, 6.07) is 8.65. The van der Waals surface area contributed by atoms with Gasteiger partial charge in [-0.3, -0.25) is 0 Å². The number of hydrogen-bond donors (Lipinski definition) is 1. The summed E-state index contributed by atoms with van der Waals surface area (Å²) in [6.07, 6.45) is 4.93. The minimum absolute atomic E-state index is 0.945. The molecule has 13 heavy (non-hydrogen) atoms. The van der Waals surface area contributed by atoms with E-state index in [0.29, 0.717) is 0 Å². The van der Waals surface area contributed by atoms with Crippen LogP contribution in [0, 0.1) is 5.92 Å². The fraction of sp³-hybridized carbons (Fsp3) is 0.455. The number of anilines is 1. The van der Waals surface area contributed by atoms with Crippen molar-refractivity contribution < 1.29 is 0 Å². The number of benzene rings is 1. The molecule has 2 heteroatoms. The van der Waals surface area contributed by atoms with E-state index in [-0.39, 0.29) is 0 Å². The van der Waals surface area contributed by atoms with Gasteiger partial charge in [-0.05, 0) is 49.3 Å². The highest BCUT2D eigenvalue weighted by Crippen LogP contribution is 2.29. The van der Waals surface area contributed by atoms with Crippen molar-refractivity contribution in [1.29, 1.82) is 0 Å². The van der Waals surface area contributed by atoms with Crippen molar-refractivity contribution in [3.8, 4) is 0 Å². The maximum absolute atomic E-state index is 3.45. The van der Waals surface area contributed by atoms with E-state index in [0.717, 1.165) is 12.5 Å². The van der Waals surface area contributed by atoms with Crippen LogP contribution in [-0.2, 0) is 0 Å². The summed E-state index contributed by atoms with van der Waals surface area (Å²) in [5.41, 5.74) is 1.25. The third kappa shape index (κ3) is 2.66. The quantitative estimate of drug-likeness (QED) is 0.737. The van der Waals surface area contributed by atoms with Crippen molar-refractivity contribution in [2.75, 3.05) is 18.1 Å². The third-order valence-corrected chi connectivity index (χ3v) is 3.13. The zero-order chi connectivity index (χ0) is 9.10. The summed E-state index contributed by atoms with van der Waals surface area (Å²) < 4.78 is 0. The molecule has 1 N–H and O–H groups in total. The lowest BCUT2D eigenvalue weighted by molar-refractivity contribution is 0.889. The first-order valence-electron chi connectivity index (χ1n) is 4.76. The van der Waals surface area contributed by atoms with Gasteiger partial charge in [-0.25, -0.2) is 0 Å². The van der Waals surface area contributed by atoms with Crippen LogP contribution in [0.1, 0.15) is 12.8 Å². The highest BCUT2D eigenvalue weighted by atomic mass is 32.2. The largest absolute Gasteiger partial charge is 0.385 e. The molecule has 1 nitrogen and oxygen atoms in total. The molecule has 1 aliphatic carbocycles. The maximum Gasteiger partial charge on any atom is 0.0341 e. The fourth-order valence-electron chi connectivity index (χ4n) is 1.29. The molecule has 0 unspecified atom stereocenters. The van der Waals surface area contributed by atoms with E-state index >= 15 is 0 Å². The summed E-state index contributed by atoms with van der Waals surface area (Å²) in [4.78, 5) is 1.33. The molecule has 0 aromatic heterocycles. The van der Waals surface area contributed by atoms with Gasteiger partial charge < -0.3 is 5.32 Å². The van der Waals surface area contributed by atoms with Crippen molar-refractivity contribution in [1.82, 2.24) is 0 Å². The molecule has 0 radical (unpaired) electrons. The van der Waals surface area contributed by atoms with Crippen LogP contribution in [0.5, 0.6) is 0 Å². The van der Waals surface area contributed by atoms with Crippen LogP contribution in [0.25, 0.3) is 0 Å². The lowest BCUT2D eigenvalue weighted by Gasteiger charge is -2.05. The van der Waals surface area contributed by atoms with Crippen LogP contribution in [0.2, 0.25) is 0 Å². The average molecular weight is 193 g/mol. The highest BCUT2D eigenvalue weighted by Gasteiger charge is 2.20. The lowest BCUT2D eigenvalue weighted by atomic mass is 10.3. The van der Waals surface area contributed by atoms with Crippen LogP contribution < -0.4 is 5.32 Å². The van der Waals surface area contributed by atoms with E-state index in [4.69, 9.17) is 0 Å². The Balaban J connectivity index is 1.88. The molecule has 1 fully saturated rings. The topological polar surface area (TPSA) is 12.0 Å². The van der Waals surface area contributed by atoms with Gasteiger partial charge in [0.1, 0.15) is 0 Å². The minimum atomic E-state index is 0.945. The molecule has 0 bridgehead atoms. The first-order chi connectivity index (χ1) is 6.38. The van der Waals surface area contributed by atoms with Crippen molar-refractivity contribution in [3.63, 3.8) is 0 Å². The van der Waals surface area contributed by atoms with Crippen LogP contribution in [0.15, 0.2) is 29.2 Å². The van der Waals surface area contributed by atoms with E-state index < -0.39 is 0 Å².